The summed E-state index contributed by atoms with van der Waals surface area (Å²) in [5.74, 6) is -0.427. The molecule has 2 heterocycles. The summed E-state index contributed by atoms with van der Waals surface area (Å²) < 4.78 is 25.3. The van der Waals surface area contributed by atoms with Gasteiger partial charge >= 0.3 is 0 Å². The van der Waals surface area contributed by atoms with Crippen molar-refractivity contribution in [2.45, 2.75) is 0 Å². The van der Waals surface area contributed by atoms with Crippen LogP contribution in [0.2, 0.25) is 0 Å². The minimum Gasteiger partial charge on any atom is -0.348 e. The molecule has 0 radical (unpaired) electrons. The van der Waals surface area contributed by atoms with Crippen LogP contribution in [0.15, 0.2) is 30.3 Å². The molecule has 1 aromatic rings. The van der Waals surface area contributed by atoms with Gasteiger partial charge in [0.05, 0.1) is 11.7 Å². The fraction of sp³-hybridized carbons (Fsp3) is 0.529. The maximum absolute atomic E-state index is 12.9. The quantitative estimate of drug-likeness (QED) is 0.762. The molecule has 2 aliphatic heterocycles. The predicted octanol–water partition coefficient (Wildman–Crippen LogP) is 0.108. The van der Waals surface area contributed by atoms with Crippen LogP contribution in [0, 0.1) is 11.3 Å². The Morgan fingerprint density at radius 2 is 1.76 bits per heavy atom. The zero-order valence-corrected chi connectivity index (χ0v) is 15.5. The van der Waals surface area contributed by atoms with Gasteiger partial charge in [0.25, 0.3) is 5.91 Å². The van der Waals surface area contributed by atoms with Crippen LogP contribution in [0.3, 0.4) is 0 Å². The summed E-state index contributed by atoms with van der Waals surface area (Å²) in [4.78, 5) is 28.8. The minimum atomic E-state index is -3.37. The predicted molar refractivity (Wildman–Crippen MR) is 93.4 cm³/mol. The number of fused-ring (bicyclic) bond motifs is 1. The molecule has 3 rings (SSSR count). The summed E-state index contributed by atoms with van der Waals surface area (Å²) in [5, 5.41) is 0. The number of carbonyl (C=O) groups excluding carboxylic acids is 2. The number of rotatable bonds is 3. The van der Waals surface area contributed by atoms with Gasteiger partial charge in [0.2, 0.25) is 15.9 Å². The van der Waals surface area contributed by atoms with Gasteiger partial charge in [-0.1, -0.05) is 18.2 Å². The van der Waals surface area contributed by atoms with Crippen molar-refractivity contribution in [2.75, 3.05) is 46.5 Å². The van der Waals surface area contributed by atoms with Crippen LogP contribution in [0.4, 0.5) is 0 Å². The second-order valence-electron chi connectivity index (χ2n) is 7.16. The fourth-order valence-electron chi connectivity index (χ4n) is 3.94. The number of likely N-dealkylation sites (tertiary alicyclic amines) is 1. The van der Waals surface area contributed by atoms with Crippen LogP contribution in [0.5, 0.6) is 0 Å². The lowest BCUT2D eigenvalue weighted by Crippen LogP contribution is -2.48. The van der Waals surface area contributed by atoms with Crippen LogP contribution in [-0.2, 0) is 14.8 Å². The molecule has 0 aliphatic carbocycles. The van der Waals surface area contributed by atoms with Crippen molar-refractivity contribution in [1.29, 1.82) is 0 Å². The van der Waals surface area contributed by atoms with Crippen molar-refractivity contribution in [1.82, 2.24) is 14.1 Å². The number of hydrogen-bond acceptors (Lipinski definition) is 4. The van der Waals surface area contributed by atoms with Gasteiger partial charge in [0, 0.05) is 51.8 Å². The third-order valence-electron chi connectivity index (χ3n) is 5.19. The van der Waals surface area contributed by atoms with E-state index in [1.807, 2.05) is 6.07 Å². The summed E-state index contributed by atoms with van der Waals surface area (Å²) in [5.41, 5.74) is -0.285. The van der Waals surface area contributed by atoms with Gasteiger partial charge in [-0.05, 0) is 12.1 Å². The number of benzene rings is 1. The number of carbonyl (C=O) groups is 2. The van der Waals surface area contributed by atoms with Gasteiger partial charge in [0.15, 0.2) is 0 Å². The van der Waals surface area contributed by atoms with E-state index in [9.17, 15) is 18.0 Å². The van der Waals surface area contributed by atoms with E-state index in [0.717, 1.165) is 6.26 Å². The van der Waals surface area contributed by atoms with E-state index < -0.39 is 15.4 Å². The van der Waals surface area contributed by atoms with Gasteiger partial charge in [0.1, 0.15) is 0 Å². The largest absolute Gasteiger partial charge is 0.348 e. The van der Waals surface area contributed by atoms with Crippen LogP contribution < -0.4 is 0 Å². The lowest BCUT2D eigenvalue weighted by Gasteiger charge is -2.30. The second kappa shape index (κ2) is 6.10. The van der Waals surface area contributed by atoms with E-state index in [4.69, 9.17) is 0 Å². The van der Waals surface area contributed by atoms with E-state index in [-0.39, 0.29) is 37.4 Å². The zero-order chi connectivity index (χ0) is 18.4. The van der Waals surface area contributed by atoms with E-state index in [1.54, 1.807) is 43.3 Å². The fourth-order valence-corrected chi connectivity index (χ4v) is 4.85. The zero-order valence-electron chi connectivity index (χ0n) is 14.7. The maximum Gasteiger partial charge on any atom is 0.253 e. The topological polar surface area (TPSA) is 78.0 Å². The number of nitrogens with zero attached hydrogens (tertiary/aromatic N) is 3. The highest BCUT2D eigenvalue weighted by atomic mass is 32.2. The smallest absolute Gasteiger partial charge is 0.253 e. The average Bonchev–Trinajstić information content (AvgIpc) is 3.09. The minimum absolute atomic E-state index is 0.119. The van der Waals surface area contributed by atoms with Crippen molar-refractivity contribution in [3.05, 3.63) is 35.9 Å². The highest BCUT2D eigenvalue weighted by molar-refractivity contribution is 7.88. The van der Waals surface area contributed by atoms with Gasteiger partial charge in [-0.3, -0.25) is 9.59 Å². The highest BCUT2D eigenvalue weighted by Gasteiger charge is 2.60. The van der Waals surface area contributed by atoms with E-state index in [1.165, 1.54) is 9.21 Å². The first-order valence-corrected chi connectivity index (χ1v) is 10.0. The second-order valence-corrected chi connectivity index (χ2v) is 9.14. The molecule has 0 bridgehead atoms. The third kappa shape index (κ3) is 3.04. The Bertz CT molecular complexity index is 793. The molecule has 0 aromatic heterocycles. The van der Waals surface area contributed by atoms with Crippen molar-refractivity contribution >= 4 is 21.8 Å². The molecular formula is C17H23N3O4S. The van der Waals surface area contributed by atoms with E-state index in [2.05, 4.69) is 0 Å². The third-order valence-corrected chi connectivity index (χ3v) is 6.40. The Morgan fingerprint density at radius 3 is 2.32 bits per heavy atom. The number of amides is 2. The summed E-state index contributed by atoms with van der Waals surface area (Å²) >= 11 is 0. The molecule has 2 aliphatic rings. The van der Waals surface area contributed by atoms with Crippen molar-refractivity contribution in [3.8, 4) is 0 Å². The first-order valence-electron chi connectivity index (χ1n) is 8.16. The lowest BCUT2D eigenvalue weighted by atomic mass is 9.80. The van der Waals surface area contributed by atoms with E-state index in [0.29, 0.717) is 12.1 Å². The maximum atomic E-state index is 12.9. The molecule has 0 N–H and O–H groups in total. The molecular weight excluding hydrogens is 342 g/mol. The molecule has 2 saturated heterocycles. The molecule has 0 unspecified atom stereocenters. The monoisotopic (exact) mass is 365 g/mol. The molecule has 2 atom stereocenters. The van der Waals surface area contributed by atoms with Gasteiger partial charge < -0.3 is 9.80 Å². The molecule has 2 amide bonds. The summed E-state index contributed by atoms with van der Waals surface area (Å²) in [6.45, 7) is 1.04. The normalized spacial score (nSPS) is 26.5. The molecule has 25 heavy (non-hydrogen) atoms. The first-order chi connectivity index (χ1) is 11.6. The van der Waals surface area contributed by atoms with Gasteiger partial charge in [-0.15, -0.1) is 0 Å². The molecule has 7 nitrogen and oxygen atoms in total. The molecule has 1 aromatic carbocycles. The summed E-state index contributed by atoms with van der Waals surface area (Å²) in [6.07, 6.45) is 1.16. The van der Waals surface area contributed by atoms with Crippen molar-refractivity contribution < 1.29 is 18.0 Å². The Kier molecular flexibility index (Phi) is 4.36. The SMILES string of the molecule is CN(C)C(=O)[C@]12CN(C(=O)c3ccccc3)C[C@H]1CN(S(C)(=O)=O)C2. The van der Waals surface area contributed by atoms with Crippen LogP contribution in [0.25, 0.3) is 0 Å². The van der Waals surface area contributed by atoms with Crippen LogP contribution in [-0.4, -0.2) is 80.9 Å². The van der Waals surface area contributed by atoms with Crippen molar-refractivity contribution in [2.24, 2.45) is 11.3 Å². The summed E-state index contributed by atoms with van der Waals surface area (Å²) in [7, 11) is -0.0415. The van der Waals surface area contributed by atoms with E-state index >= 15 is 0 Å². The standard InChI is InChI=1S/C17H23N3O4S/c1-18(2)16(22)17-11-19(15(21)13-7-5-4-6-8-13)9-14(17)10-20(12-17)25(3,23)24/h4-8,14H,9-12H2,1-3H3/t14-,17-/m0/s1. The summed E-state index contributed by atoms with van der Waals surface area (Å²) in [6, 6.07) is 8.95. The number of sulfonamides is 1. The van der Waals surface area contributed by atoms with Gasteiger partial charge in [-0.2, -0.15) is 0 Å². The Labute approximate surface area is 148 Å². The molecule has 2 fully saturated rings. The lowest BCUT2D eigenvalue weighted by molar-refractivity contribution is -0.139. The number of hydrogen-bond donors (Lipinski definition) is 0. The average molecular weight is 365 g/mol. The molecule has 0 spiro atoms. The molecule has 8 heteroatoms. The highest BCUT2D eigenvalue weighted by Crippen LogP contribution is 2.44. The van der Waals surface area contributed by atoms with Gasteiger partial charge in [-0.25, -0.2) is 12.7 Å². The van der Waals surface area contributed by atoms with Crippen LogP contribution >= 0.6 is 0 Å². The first kappa shape index (κ1) is 17.9. The van der Waals surface area contributed by atoms with Crippen LogP contribution in [0.1, 0.15) is 10.4 Å². The van der Waals surface area contributed by atoms with Crippen molar-refractivity contribution in [3.63, 3.8) is 0 Å². The molecule has 0 saturated carbocycles. The Hall–Kier alpha value is -1.93. The Balaban J connectivity index is 1.90. The molecule has 136 valence electrons. The Morgan fingerprint density at radius 1 is 1.12 bits per heavy atom.